The zero-order valence-electron chi connectivity index (χ0n) is 11.9. The molecule has 0 bridgehead atoms. The number of aliphatic hydroxyl groups is 1. The van der Waals surface area contributed by atoms with Gasteiger partial charge in [-0.25, -0.2) is 4.98 Å². The number of benzene rings is 1. The number of ether oxygens (including phenoxy) is 2. The van der Waals surface area contributed by atoms with E-state index in [0.717, 1.165) is 21.7 Å². The maximum atomic E-state index is 9.35. The van der Waals surface area contributed by atoms with E-state index >= 15 is 0 Å². The van der Waals surface area contributed by atoms with Crippen molar-refractivity contribution >= 4 is 22.4 Å². The van der Waals surface area contributed by atoms with Crippen LogP contribution in [0.5, 0.6) is 11.5 Å². The first kappa shape index (κ1) is 13.9. The number of aliphatic hydroxyl groups excluding tert-OH is 1. The molecular weight excluding hydrogens is 288 g/mol. The van der Waals surface area contributed by atoms with Gasteiger partial charge in [-0.2, -0.15) is 0 Å². The fourth-order valence-electron chi connectivity index (χ4n) is 2.37. The number of aromatic nitrogens is 2. The molecule has 6 heteroatoms. The Hall–Kier alpha value is -2.05. The molecule has 2 heterocycles. The van der Waals surface area contributed by atoms with E-state index in [1.165, 1.54) is 0 Å². The van der Waals surface area contributed by atoms with Gasteiger partial charge in [-0.3, -0.25) is 0 Å². The third kappa shape index (κ3) is 2.36. The molecule has 21 heavy (non-hydrogen) atoms. The maximum absolute atomic E-state index is 9.35. The maximum Gasteiger partial charge on any atom is 0.163 e. The average Bonchev–Trinajstić information content (AvgIpc) is 3.14. The van der Waals surface area contributed by atoms with E-state index in [0.29, 0.717) is 18.0 Å². The summed E-state index contributed by atoms with van der Waals surface area (Å²) in [7, 11) is 3.21. The molecule has 0 aliphatic heterocycles. The summed E-state index contributed by atoms with van der Waals surface area (Å²) in [5.74, 6) is 2.16. The van der Waals surface area contributed by atoms with Gasteiger partial charge >= 0.3 is 0 Å². The van der Waals surface area contributed by atoms with Crippen LogP contribution < -0.4 is 9.47 Å². The summed E-state index contributed by atoms with van der Waals surface area (Å²) in [6, 6.07) is 7.77. The minimum Gasteiger partial charge on any atom is -0.493 e. The highest BCUT2D eigenvalue weighted by Crippen LogP contribution is 2.35. The number of methoxy groups -OCH3 is 2. The summed E-state index contributed by atoms with van der Waals surface area (Å²) in [6.45, 7) is 0.539. The Morgan fingerprint density at radius 2 is 2.00 bits per heavy atom. The van der Waals surface area contributed by atoms with E-state index in [2.05, 4.69) is 4.98 Å². The van der Waals surface area contributed by atoms with Crippen molar-refractivity contribution in [2.45, 2.75) is 6.54 Å². The van der Waals surface area contributed by atoms with Crippen molar-refractivity contribution in [3.8, 4) is 22.2 Å². The largest absolute Gasteiger partial charge is 0.493 e. The lowest BCUT2D eigenvalue weighted by Gasteiger charge is -2.09. The van der Waals surface area contributed by atoms with Crippen LogP contribution in [-0.4, -0.2) is 35.5 Å². The van der Waals surface area contributed by atoms with Crippen LogP contribution in [0.3, 0.4) is 0 Å². The molecular formula is C15H16N2O3S. The van der Waals surface area contributed by atoms with E-state index in [1.54, 1.807) is 25.6 Å². The van der Waals surface area contributed by atoms with Gasteiger partial charge in [-0.1, -0.05) is 6.07 Å². The Bertz CT molecular complexity index is 750. The first-order valence-corrected chi connectivity index (χ1v) is 7.43. The second-order valence-corrected chi connectivity index (χ2v) is 5.43. The zero-order valence-corrected chi connectivity index (χ0v) is 12.7. The smallest absolute Gasteiger partial charge is 0.163 e. The van der Waals surface area contributed by atoms with Crippen molar-refractivity contribution in [2.75, 3.05) is 20.8 Å². The minimum atomic E-state index is 0.0537. The molecule has 3 aromatic rings. The Labute approximate surface area is 126 Å². The van der Waals surface area contributed by atoms with E-state index in [4.69, 9.17) is 9.47 Å². The first-order valence-electron chi connectivity index (χ1n) is 6.55. The van der Waals surface area contributed by atoms with Crippen molar-refractivity contribution in [3.05, 3.63) is 29.6 Å². The normalized spacial score (nSPS) is 11.0. The molecule has 1 aromatic carbocycles. The lowest BCUT2D eigenvalue weighted by atomic mass is 10.2. The average molecular weight is 304 g/mol. The molecule has 0 radical (unpaired) electrons. The Balaban J connectivity index is 2.26. The highest BCUT2D eigenvalue weighted by atomic mass is 32.1. The van der Waals surface area contributed by atoms with Gasteiger partial charge in [0.1, 0.15) is 0 Å². The minimum absolute atomic E-state index is 0.0537. The van der Waals surface area contributed by atoms with Gasteiger partial charge in [0.2, 0.25) is 0 Å². The molecule has 5 nitrogen and oxygen atoms in total. The van der Waals surface area contributed by atoms with Gasteiger partial charge in [-0.15, -0.1) is 11.3 Å². The molecule has 0 saturated carbocycles. The van der Waals surface area contributed by atoms with Gasteiger partial charge in [0.25, 0.3) is 0 Å². The molecule has 0 amide bonds. The molecule has 110 valence electrons. The van der Waals surface area contributed by atoms with Crippen molar-refractivity contribution in [1.29, 1.82) is 0 Å². The molecule has 0 atom stereocenters. The van der Waals surface area contributed by atoms with Crippen LogP contribution in [0.4, 0.5) is 0 Å². The lowest BCUT2D eigenvalue weighted by molar-refractivity contribution is 0.278. The van der Waals surface area contributed by atoms with Gasteiger partial charge in [0, 0.05) is 18.7 Å². The predicted molar refractivity (Wildman–Crippen MR) is 83.2 cm³/mol. The number of hydrogen-bond acceptors (Lipinski definition) is 5. The van der Waals surface area contributed by atoms with Gasteiger partial charge in [0.15, 0.2) is 17.3 Å². The summed E-state index contributed by atoms with van der Waals surface area (Å²) in [5.41, 5.74) is 1.74. The quantitative estimate of drug-likeness (QED) is 0.787. The second kappa shape index (κ2) is 5.75. The van der Waals surface area contributed by atoms with Gasteiger partial charge in [-0.05, 0) is 11.4 Å². The SMILES string of the molecule is COc1cc2nc(-c3cccs3)n(CCO)c2cc1OC. The number of rotatable bonds is 5. The number of hydrogen-bond donors (Lipinski definition) is 1. The summed E-state index contributed by atoms with van der Waals surface area (Å²) in [4.78, 5) is 5.75. The molecule has 0 aliphatic rings. The van der Waals surface area contributed by atoms with Gasteiger partial charge < -0.3 is 19.1 Å². The van der Waals surface area contributed by atoms with E-state index in [9.17, 15) is 5.11 Å². The second-order valence-electron chi connectivity index (χ2n) is 4.48. The molecule has 3 rings (SSSR count). The van der Waals surface area contributed by atoms with Crippen molar-refractivity contribution < 1.29 is 14.6 Å². The van der Waals surface area contributed by atoms with Gasteiger partial charge in [0.05, 0.1) is 36.7 Å². The fraction of sp³-hybridized carbons (Fsp3) is 0.267. The Morgan fingerprint density at radius 3 is 2.62 bits per heavy atom. The Morgan fingerprint density at radius 1 is 1.24 bits per heavy atom. The zero-order chi connectivity index (χ0) is 14.8. The third-order valence-corrected chi connectivity index (χ3v) is 4.18. The van der Waals surface area contributed by atoms with Crippen LogP contribution in [0.2, 0.25) is 0 Å². The molecule has 0 aliphatic carbocycles. The topological polar surface area (TPSA) is 56.5 Å². The monoisotopic (exact) mass is 304 g/mol. The van der Waals surface area contributed by atoms with Crippen molar-refractivity contribution in [3.63, 3.8) is 0 Å². The molecule has 1 N–H and O–H groups in total. The number of fused-ring (bicyclic) bond motifs is 1. The number of thiophene rings is 1. The van der Waals surface area contributed by atoms with Crippen LogP contribution in [0.25, 0.3) is 21.7 Å². The molecule has 0 saturated heterocycles. The first-order chi connectivity index (χ1) is 10.3. The molecule has 0 fully saturated rings. The van der Waals surface area contributed by atoms with Crippen LogP contribution in [0.1, 0.15) is 0 Å². The lowest BCUT2D eigenvalue weighted by Crippen LogP contribution is -2.03. The van der Waals surface area contributed by atoms with E-state index in [1.807, 2.05) is 34.2 Å². The van der Waals surface area contributed by atoms with E-state index in [-0.39, 0.29) is 6.61 Å². The standard InChI is InChI=1S/C15H16N2O3S/c1-19-12-8-10-11(9-13(12)20-2)17(5-6-18)15(16-10)14-4-3-7-21-14/h3-4,7-9,18H,5-6H2,1-2H3. The Kier molecular flexibility index (Phi) is 3.81. The fourth-order valence-corrected chi connectivity index (χ4v) is 3.09. The third-order valence-electron chi connectivity index (χ3n) is 3.32. The number of imidazole rings is 1. The van der Waals surface area contributed by atoms with E-state index < -0.39 is 0 Å². The molecule has 0 unspecified atom stereocenters. The molecule has 2 aromatic heterocycles. The summed E-state index contributed by atoms with van der Waals surface area (Å²) < 4.78 is 12.7. The van der Waals surface area contributed by atoms with Crippen LogP contribution in [-0.2, 0) is 6.54 Å². The summed E-state index contributed by atoms with van der Waals surface area (Å²) in [6.07, 6.45) is 0. The molecule has 0 spiro atoms. The highest BCUT2D eigenvalue weighted by Gasteiger charge is 2.16. The van der Waals surface area contributed by atoms with Crippen LogP contribution in [0, 0.1) is 0 Å². The number of nitrogens with zero attached hydrogens (tertiary/aromatic N) is 2. The van der Waals surface area contributed by atoms with Crippen LogP contribution >= 0.6 is 11.3 Å². The van der Waals surface area contributed by atoms with Crippen molar-refractivity contribution in [1.82, 2.24) is 9.55 Å². The predicted octanol–water partition coefficient (Wildman–Crippen LogP) is 2.77. The highest BCUT2D eigenvalue weighted by molar-refractivity contribution is 7.13. The summed E-state index contributed by atoms with van der Waals surface area (Å²) >= 11 is 1.62. The summed E-state index contributed by atoms with van der Waals surface area (Å²) in [5, 5.41) is 11.4. The van der Waals surface area contributed by atoms with Crippen molar-refractivity contribution in [2.24, 2.45) is 0 Å². The van der Waals surface area contributed by atoms with Crippen LogP contribution in [0.15, 0.2) is 29.6 Å².